The molecule has 94 valence electrons. The lowest BCUT2D eigenvalue weighted by Gasteiger charge is -2.26. The van der Waals surface area contributed by atoms with Crippen molar-refractivity contribution in [1.82, 2.24) is 0 Å². The summed E-state index contributed by atoms with van der Waals surface area (Å²) >= 11 is 0. The zero-order valence-corrected chi connectivity index (χ0v) is 9.54. The molecule has 4 aliphatic rings. The lowest BCUT2D eigenvalue weighted by molar-refractivity contribution is -0.139. The number of aliphatic carboxylic acids is 1. The van der Waals surface area contributed by atoms with Crippen LogP contribution in [-0.4, -0.2) is 46.2 Å². The number of aliphatic hydroxyl groups excluding tert-OH is 2. The van der Waals surface area contributed by atoms with Gasteiger partial charge in [-0.25, -0.2) is 0 Å². The Balaban J connectivity index is 1.80. The minimum atomic E-state index is -0.825. The van der Waals surface area contributed by atoms with Crippen molar-refractivity contribution in [2.45, 2.75) is 31.7 Å². The fourth-order valence-corrected chi connectivity index (χ4v) is 5.59. The largest absolute Gasteiger partial charge is 0.481 e. The van der Waals surface area contributed by atoms with Crippen molar-refractivity contribution in [3.63, 3.8) is 0 Å². The van der Waals surface area contributed by atoms with Crippen LogP contribution in [0.3, 0.4) is 0 Å². The third-order valence-corrected chi connectivity index (χ3v) is 6.17. The van der Waals surface area contributed by atoms with E-state index in [1.807, 2.05) is 6.92 Å². The third-order valence-electron chi connectivity index (χ3n) is 6.17. The van der Waals surface area contributed by atoms with E-state index in [2.05, 4.69) is 0 Å². The number of carboxylic acid groups (broad SMARTS) is 1. The van der Waals surface area contributed by atoms with Crippen LogP contribution in [0.4, 0.5) is 0 Å². The van der Waals surface area contributed by atoms with Crippen molar-refractivity contribution < 1.29 is 24.9 Å². The van der Waals surface area contributed by atoms with Gasteiger partial charge in [0.25, 0.3) is 0 Å². The van der Waals surface area contributed by atoms with Crippen LogP contribution in [0.25, 0.3) is 0 Å². The van der Waals surface area contributed by atoms with Crippen molar-refractivity contribution in [1.29, 1.82) is 0 Å². The third kappa shape index (κ3) is 0.751. The van der Waals surface area contributed by atoms with E-state index in [9.17, 15) is 15.0 Å². The number of rotatable bonds is 2. The lowest BCUT2D eigenvalue weighted by atomic mass is 9.80. The molecule has 0 aromatic heterocycles. The summed E-state index contributed by atoms with van der Waals surface area (Å²) in [5, 5.41) is 29.4. The van der Waals surface area contributed by atoms with Gasteiger partial charge in [0, 0.05) is 23.2 Å². The van der Waals surface area contributed by atoms with Crippen molar-refractivity contribution in [3.8, 4) is 0 Å². The molecule has 0 aromatic rings. The smallest absolute Gasteiger partial charge is 0.303 e. The van der Waals surface area contributed by atoms with Gasteiger partial charge in [0.05, 0.1) is 24.9 Å². The Morgan fingerprint density at radius 2 is 2.12 bits per heavy atom. The van der Waals surface area contributed by atoms with Gasteiger partial charge < -0.3 is 20.1 Å². The van der Waals surface area contributed by atoms with E-state index in [1.165, 1.54) is 0 Å². The molecule has 0 radical (unpaired) electrons. The second-order valence-corrected chi connectivity index (χ2v) is 6.31. The summed E-state index contributed by atoms with van der Waals surface area (Å²) < 4.78 is 5.63. The zero-order chi connectivity index (χ0) is 12.2. The molecule has 1 heterocycles. The summed E-state index contributed by atoms with van der Waals surface area (Å²) in [4.78, 5) is 10.9. The molecule has 8 unspecified atom stereocenters. The number of fused-ring (bicyclic) bond motifs is 2. The maximum absolute atomic E-state index is 10.9. The molecule has 0 aromatic carbocycles. The normalized spacial score (nSPS) is 66.1. The predicted octanol–water partition coefficient (Wildman–Crippen LogP) is -0.536. The fraction of sp³-hybridized carbons (Fsp3) is 0.917. The molecule has 1 aliphatic heterocycles. The molecular weight excluding hydrogens is 224 g/mol. The minimum absolute atomic E-state index is 0.0265. The van der Waals surface area contributed by atoms with E-state index in [-0.39, 0.29) is 41.1 Å². The Kier molecular flexibility index (Phi) is 1.53. The first kappa shape index (κ1) is 10.3. The summed E-state index contributed by atoms with van der Waals surface area (Å²) in [6.07, 6.45) is -1.22. The van der Waals surface area contributed by atoms with Gasteiger partial charge in [-0.1, -0.05) is 6.92 Å². The number of hydrogen-bond donors (Lipinski definition) is 3. The van der Waals surface area contributed by atoms with Crippen LogP contribution in [-0.2, 0) is 9.53 Å². The van der Waals surface area contributed by atoms with Gasteiger partial charge >= 0.3 is 5.97 Å². The Morgan fingerprint density at radius 1 is 1.41 bits per heavy atom. The van der Waals surface area contributed by atoms with Crippen molar-refractivity contribution in [2.24, 2.45) is 28.6 Å². The van der Waals surface area contributed by atoms with Gasteiger partial charge in [0.1, 0.15) is 0 Å². The number of hydrogen-bond acceptors (Lipinski definition) is 4. The molecule has 4 fully saturated rings. The van der Waals surface area contributed by atoms with E-state index in [4.69, 9.17) is 9.84 Å². The van der Waals surface area contributed by atoms with Gasteiger partial charge in [-0.3, -0.25) is 4.79 Å². The highest BCUT2D eigenvalue weighted by atomic mass is 16.5. The molecule has 1 spiro atoms. The molecule has 4 rings (SSSR count). The highest BCUT2D eigenvalue weighted by Gasteiger charge is 2.93. The van der Waals surface area contributed by atoms with E-state index in [0.29, 0.717) is 6.61 Å². The molecule has 5 heteroatoms. The van der Waals surface area contributed by atoms with Crippen LogP contribution in [0, 0.1) is 28.6 Å². The number of aliphatic hydroxyl groups is 2. The van der Waals surface area contributed by atoms with Crippen molar-refractivity contribution in [2.75, 3.05) is 6.61 Å². The van der Waals surface area contributed by atoms with Gasteiger partial charge in [-0.15, -0.1) is 0 Å². The molecule has 3 saturated carbocycles. The maximum Gasteiger partial charge on any atom is 0.303 e. The average Bonchev–Trinajstić information content (AvgIpc) is 2.58. The first-order chi connectivity index (χ1) is 7.96. The molecule has 0 amide bonds. The second-order valence-electron chi connectivity index (χ2n) is 6.31. The molecular formula is C12H16O5. The monoisotopic (exact) mass is 240 g/mol. The van der Waals surface area contributed by atoms with Crippen molar-refractivity contribution >= 4 is 5.97 Å². The fourth-order valence-electron chi connectivity index (χ4n) is 5.59. The van der Waals surface area contributed by atoms with Gasteiger partial charge in [0.15, 0.2) is 0 Å². The van der Waals surface area contributed by atoms with E-state index in [0.717, 1.165) is 0 Å². The lowest BCUT2D eigenvalue weighted by Crippen LogP contribution is -2.36. The van der Waals surface area contributed by atoms with Crippen LogP contribution in [0.15, 0.2) is 0 Å². The molecule has 3 N–H and O–H groups in total. The zero-order valence-electron chi connectivity index (χ0n) is 9.54. The second kappa shape index (κ2) is 2.53. The van der Waals surface area contributed by atoms with Gasteiger partial charge in [-0.2, -0.15) is 0 Å². The quantitative estimate of drug-likeness (QED) is 0.603. The molecule has 8 atom stereocenters. The van der Waals surface area contributed by atoms with Crippen LogP contribution >= 0.6 is 0 Å². The molecule has 17 heavy (non-hydrogen) atoms. The van der Waals surface area contributed by atoms with Gasteiger partial charge in [-0.05, 0) is 11.8 Å². The Morgan fingerprint density at radius 3 is 2.76 bits per heavy atom. The van der Waals surface area contributed by atoms with E-state index < -0.39 is 18.2 Å². The van der Waals surface area contributed by atoms with Crippen LogP contribution in [0.2, 0.25) is 0 Å². The SMILES string of the molecule is CC12C3C(O)C4OCC1(C4C3CC(=O)O)C2O. The Bertz CT molecular complexity index is 421. The minimum Gasteiger partial charge on any atom is -0.481 e. The first-order valence-electron chi connectivity index (χ1n) is 6.16. The summed E-state index contributed by atoms with van der Waals surface area (Å²) in [5.74, 6) is -0.956. The van der Waals surface area contributed by atoms with Crippen molar-refractivity contribution in [3.05, 3.63) is 0 Å². The Labute approximate surface area is 98.4 Å². The van der Waals surface area contributed by atoms with E-state index >= 15 is 0 Å². The first-order valence-corrected chi connectivity index (χ1v) is 6.16. The molecule has 5 nitrogen and oxygen atoms in total. The summed E-state index contributed by atoms with van der Waals surface area (Å²) in [7, 11) is 0. The van der Waals surface area contributed by atoms with Crippen LogP contribution in [0.5, 0.6) is 0 Å². The summed E-state index contributed by atoms with van der Waals surface area (Å²) in [5.41, 5.74) is -0.591. The van der Waals surface area contributed by atoms with Crippen LogP contribution < -0.4 is 0 Å². The molecule has 2 bridgehead atoms. The van der Waals surface area contributed by atoms with Gasteiger partial charge in [0.2, 0.25) is 0 Å². The topological polar surface area (TPSA) is 87.0 Å². The number of carboxylic acids is 1. The molecule has 3 aliphatic carbocycles. The molecule has 1 saturated heterocycles. The standard InChI is InChI=1S/C12H16O5/c1-11-6-4(2-5(13)14)7-9(8(6)15)17-3-12(7,11)10(11)16/h4,6-10,15-16H,2-3H2,1H3,(H,13,14). The highest BCUT2D eigenvalue weighted by molar-refractivity contribution is 5.68. The highest BCUT2D eigenvalue weighted by Crippen LogP contribution is 2.86. The maximum atomic E-state index is 10.9. The average molecular weight is 240 g/mol. The number of carbonyl (C=O) groups is 1. The summed E-state index contributed by atoms with van der Waals surface area (Å²) in [6, 6.07) is 0. The van der Waals surface area contributed by atoms with E-state index in [1.54, 1.807) is 0 Å². The summed E-state index contributed by atoms with van der Waals surface area (Å²) in [6.45, 7) is 2.45. The van der Waals surface area contributed by atoms with Crippen LogP contribution in [0.1, 0.15) is 13.3 Å². The number of ether oxygens (including phenoxy) is 1. The predicted molar refractivity (Wildman–Crippen MR) is 55.0 cm³/mol. The Hall–Kier alpha value is -0.650.